The van der Waals surface area contributed by atoms with E-state index < -0.39 is 0 Å². The first-order valence-corrected chi connectivity index (χ1v) is 13.4. The highest BCUT2D eigenvalue weighted by Gasteiger charge is 2.21. The van der Waals surface area contributed by atoms with E-state index in [1.54, 1.807) is 24.5 Å². The van der Waals surface area contributed by atoms with Gasteiger partial charge < -0.3 is 9.32 Å². The van der Waals surface area contributed by atoms with Gasteiger partial charge in [0.05, 0.1) is 22.7 Å². The molecular formula is C23H23Cl2N5O2S2. The normalized spacial score (nSPS) is 11.2. The second kappa shape index (κ2) is 11.4. The van der Waals surface area contributed by atoms with Crippen LogP contribution in [0.15, 0.2) is 51.5 Å². The highest BCUT2D eigenvalue weighted by Crippen LogP contribution is 2.34. The molecule has 11 heteroatoms. The molecule has 3 aromatic heterocycles. The van der Waals surface area contributed by atoms with Gasteiger partial charge >= 0.3 is 0 Å². The smallest absolute Gasteiger partial charge is 0.273 e. The van der Waals surface area contributed by atoms with Crippen molar-refractivity contribution in [3.63, 3.8) is 0 Å². The fourth-order valence-electron chi connectivity index (χ4n) is 3.43. The molecule has 0 aliphatic rings. The van der Waals surface area contributed by atoms with Crippen molar-refractivity contribution < 1.29 is 9.21 Å². The highest BCUT2D eigenvalue weighted by atomic mass is 35.5. The first-order valence-electron chi connectivity index (χ1n) is 10.8. The van der Waals surface area contributed by atoms with Gasteiger partial charge in [0.2, 0.25) is 5.82 Å². The van der Waals surface area contributed by atoms with Crippen molar-refractivity contribution in [1.82, 2.24) is 24.6 Å². The van der Waals surface area contributed by atoms with Gasteiger partial charge in [-0.1, -0.05) is 48.8 Å². The number of benzene rings is 1. The van der Waals surface area contributed by atoms with Crippen LogP contribution in [0.2, 0.25) is 10.0 Å². The summed E-state index contributed by atoms with van der Waals surface area (Å²) in [6.45, 7) is 5.60. The lowest BCUT2D eigenvalue weighted by molar-refractivity contribution is 0.0750. The van der Waals surface area contributed by atoms with E-state index in [-0.39, 0.29) is 5.91 Å². The van der Waals surface area contributed by atoms with E-state index in [0.717, 1.165) is 30.9 Å². The summed E-state index contributed by atoms with van der Waals surface area (Å²) in [6.07, 6.45) is 3.41. The maximum absolute atomic E-state index is 12.9. The number of carbonyl (C=O) groups is 1. The van der Waals surface area contributed by atoms with Crippen LogP contribution in [-0.2, 0) is 5.75 Å². The quantitative estimate of drug-likeness (QED) is 0.207. The third-order valence-electron chi connectivity index (χ3n) is 4.90. The third kappa shape index (κ3) is 5.49. The topological polar surface area (TPSA) is 77.0 Å². The Morgan fingerprint density at radius 2 is 1.97 bits per heavy atom. The molecular weight excluding hydrogens is 513 g/mol. The molecule has 1 aromatic carbocycles. The van der Waals surface area contributed by atoms with Crippen molar-refractivity contribution >= 4 is 52.2 Å². The average Bonchev–Trinajstić information content (AvgIpc) is 3.57. The number of thiazole rings is 1. The van der Waals surface area contributed by atoms with Crippen molar-refractivity contribution in [3.8, 4) is 17.3 Å². The van der Waals surface area contributed by atoms with Crippen LogP contribution in [0, 0.1) is 0 Å². The Bertz CT molecular complexity index is 1250. The molecule has 178 valence electrons. The standard InChI is InChI=1S/C23H23Cl2N5O2S2/c1-3-9-29(10-4-2)22(31)17-13-33-20(26-17)14-34-23-28-27-21(19-6-5-11-32-19)30(23)18-8-7-15(24)12-16(18)25/h5-8,11-13H,3-4,9-10,14H2,1-2H3. The lowest BCUT2D eigenvalue weighted by Crippen LogP contribution is -2.32. The van der Waals surface area contributed by atoms with Gasteiger partial charge in [0.25, 0.3) is 5.91 Å². The van der Waals surface area contributed by atoms with E-state index in [0.29, 0.717) is 43.9 Å². The van der Waals surface area contributed by atoms with Crippen LogP contribution in [0.3, 0.4) is 0 Å². The summed E-state index contributed by atoms with van der Waals surface area (Å²) in [6, 6.07) is 8.87. The number of aromatic nitrogens is 4. The summed E-state index contributed by atoms with van der Waals surface area (Å²) >= 11 is 15.5. The Morgan fingerprint density at radius 1 is 1.18 bits per heavy atom. The SMILES string of the molecule is CCCN(CCC)C(=O)c1csc(CSc2nnc(-c3ccco3)n2-c2ccc(Cl)cc2Cl)n1. The molecule has 0 unspecified atom stereocenters. The molecule has 0 radical (unpaired) electrons. The second-order valence-corrected chi connectivity index (χ2v) is 10.2. The Morgan fingerprint density at radius 3 is 2.65 bits per heavy atom. The predicted octanol–water partition coefficient (Wildman–Crippen LogP) is 6.85. The number of rotatable bonds is 10. The summed E-state index contributed by atoms with van der Waals surface area (Å²) < 4.78 is 7.40. The van der Waals surface area contributed by atoms with Gasteiger partial charge in [-0.05, 0) is 43.2 Å². The van der Waals surface area contributed by atoms with Crippen LogP contribution in [-0.4, -0.2) is 43.6 Å². The van der Waals surface area contributed by atoms with Crippen molar-refractivity contribution in [1.29, 1.82) is 0 Å². The predicted molar refractivity (Wildman–Crippen MR) is 137 cm³/mol. The summed E-state index contributed by atoms with van der Waals surface area (Å²) in [5.74, 6) is 1.61. The maximum Gasteiger partial charge on any atom is 0.273 e. The zero-order valence-corrected chi connectivity index (χ0v) is 21.8. The fourth-order valence-corrected chi connectivity index (χ4v) is 5.65. The maximum atomic E-state index is 12.9. The summed E-state index contributed by atoms with van der Waals surface area (Å²) in [5.41, 5.74) is 1.18. The molecule has 4 rings (SSSR count). The minimum atomic E-state index is -0.0209. The van der Waals surface area contributed by atoms with Crippen LogP contribution in [0.25, 0.3) is 17.3 Å². The molecule has 0 atom stereocenters. The van der Waals surface area contributed by atoms with Crippen LogP contribution in [0.5, 0.6) is 0 Å². The lowest BCUT2D eigenvalue weighted by atomic mass is 10.3. The fraction of sp³-hybridized carbons (Fsp3) is 0.304. The van der Waals surface area contributed by atoms with Gasteiger partial charge in [-0.25, -0.2) is 4.98 Å². The summed E-state index contributed by atoms with van der Waals surface area (Å²) in [7, 11) is 0. The zero-order chi connectivity index (χ0) is 24.1. The number of thioether (sulfide) groups is 1. The molecule has 0 fully saturated rings. The average molecular weight is 537 g/mol. The van der Waals surface area contributed by atoms with Crippen LogP contribution in [0.4, 0.5) is 0 Å². The number of nitrogens with zero attached hydrogens (tertiary/aromatic N) is 5. The molecule has 0 spiro atoms. The Kier molecular flexibility index (Phi) is 8.31. The first-order chi connectivity index (χ1) is 16.5. The van der Waals surface area contributed by atoms with Crippen molar-refractivity contribution in [2.45, 2.75) is 37.6 Å². The number of carbonyl (C=O) groups excluding carboxylic acids is 1. The molecule has 0 aliphatic heterocycles. The highest BCUT2D eigenvalue weighted by molar-refractivity contribution is 7.98. The summed E-state index contributed by atoms with van der Waals surface area (Å²) in [4.78, 5) is 19.3. The Labute approximate surface area is 216 Å². The van der Waals surface area contributed by atoms with E-state index >= 15 is 0 Å². The Hall–Kier alpha value is -2.33. The van der Waals surface area contributed by atoms with Crippen molar-refractivity contribution in [3.05, 3.63) is 62.7 Å². The second-order valence-electron chi connectivity index (χ2n) is 7.42. The zero-order valence-electron chi connectivity index (χ0n) is 18.7. The number of halogens is 2. The van der Waals surface area contributed by atoms with Gasteiger partial charge in [0.15, 0.2) is 10.9 Å². The van der Waals surface area contributed by atoms with Gasteiger partial charge in [-0.15, -0.1) is 21.5 Å². The molecule has 0 aliphatic carbocycles. The molecule has 0 saturated carbocycles. The molecule has 0 saturated heterocycles. The van der Waals surface area contributed by atoms with Crippen molar-refractivity contribution in [2.75, 3.05) is 13.1 Å². The minimum Gasteiger partial charge on any atom is -0.461 e. The number of hydrogen-bond acceptors (Lipinski definition) is 7. The van der Waals surface area contributed by atoms with E-state index in [2.05, 4.69) is 29.0 Å². The van der Waals surface area contributed by atoms with Gasteiger partial charge in [-0.2, -0.15) is 0 Å². The van der Waals surface area contributed by atoms with E-state index in [1.807, 2.05) is 27.0 Å². The lowest BCUT2D eigenvalue weighted by Gasteiger charge is -2.20. The number of furan rings is 1. The third-order valence-corrected chi connectivity index (χ3v) is 7.40. The van der Waals surface area contributed by atoms with E-state index in [1.165, 1.54) is 23.1 Å². The molecule has 1 amide bonds. The molecule has 4 aromatic rings. The van der Waals surface area contributed by atoms with Crippen LogP contribution < -0.4 is 0 Å². The van der Waals surface area contributed by atoms with Gasteiger partial charge in [-0.3, -0.25) is 9.36 Å². The molecule has 0 bridgehead atoms. The summed E-state index contributed by atoms with van der Waals surface area (Å²) in [5, 5.41) is 13.0. The van der Waals surface area contributed by atoms with Crippen molar-refractivity contribution in [2.24, 2.45) is 0 Å². The first kappa shape index (κ1) is 24.8. The van der Waals surface area contributed by atoms with Crippen LogP contribution in [0.1, 0.15) is 42.2 Å². The van der Waals surface area contributed by atoms with Crippen LogP contribution >= 0.6 is 46.3 Å². The monoisotopic (exact) mass is 535 g/mol. The molecule has 0 N–H and O–H groups in total. The molecule has 7 nitrogen and oxygen atoms in total. The number of amides is 1. The van der Waals surface area contributed by atoms with Gasteiger partial charge in [0, 0.05) is 23.5 Å². The minimum absolute atomic E-state index is 0.0209. The largest absolute Gasteiger partial charge is 0.461 e. The van der Waals surface area contributed by atoms with E-state index in [9.17, 15) is 4.79 Å². The van der Waals surface area contributed by atoms with Gasteiger partial charge in [0.1, 0.15) is 10.7 Å². The Balaban J connectivity index is 1.58. The molecule has 3 heterocycles. The van der Waals surface area contributed by atoms with E-state index in [4.69, 9.17) is 27.6 Å². The number of hydrogen-bond donors (Lipinski definition) is 0. The molecule has 34 heavy (non-hydrogen) atoms.